The molecule has 24 heavy (non-hydrogen) atoms. The Kier molecular flexibility index (Phi) is 4.59. The minimum atomic E-state index is -0.487. The Balaban J connectivity index is 1.64. The summed E-state index contributed by atoms with van der Waals surface area (Å²) in [5.41, 5.74) is 1.16. The molecule has 0 N–H and O–H groups in total. The molecule has 1 aliphatic heterocycles. The normalized spacial score (nSPS) is 18.3. The Morgan fingerprint density at radius 1 is 1.21 bits per heavy atom. The van der Waals surface area contributed by atoms with Crippen LogP contribution in [0.1, 0.15) is 18.3 Å². The molecule has 0 radical (unpaired) electrons. The van der Waals surface area contributed by atoms with Crippen molar-refractivity contribution in [3.8, 4) is 0 Å². The molecule has 3 rings (SSSR count). The van der Waals surface area contributed by atoms with E-state index in [1.54, 1.807) is 27.6 Å². The predicted octanol–water partition coefficient (Wildman–Crippen LogP) is 0.617. The van der Waals surface area contributed by atoms with Gasteiger partial charge in [-0.3, -0.25) is 9.59 Å². The van der Waals surface area contributed by atoms with Crippen LogP contribution < -0.4 is 0 Å². The Morgan fingerprint density at radius 2 is 1.96 bits per heavy atom. The summed E-state index contributed by atoms with van der Waals surface area (Å²) in [5.74, 6) is 0.589. The molecule has 126 valence electrons. The monoisotopic (exact) mass is 327 g/mol. The lowest BCUT2D eigenvalue weighted by Crippen LogP contribution is -2.58. The van der Waals surface area contributed by atoms with Crippen molar-refractivity contribution >= 4 is 11.8 Å². The number of carbonyl (C=O) groups excluding carboxylic acids is 2. The molecule has 1 fully saturated rings. The van der Waals surface area contributed by atoms with Gasteiger partial charge in [0.15, 0.2) is 5.82 Å². The zero-order valence-electron chi connectivity index (χ0n) is 13.9. The second-order valence-electron chi connectivity index (χ2n) is 6.05. The molecular weight excluding hydrogens is 306 g/mol. The van der Waals surface area contributed by atoms with Crippen molar-refractivity contribution in [2.45, 2.75) is 25.9 Å². The van der Waals surface area contributed by atoms with Crippen LogP contribution in [0.5, 0.6) is 0 Å². The van der Waals surface area contributed by atoms with Gasteiger partial charge in [0.25, 0.3) is 0 Å². The molecule has 7 nitrogen and oxygen atoms in total. The number of rotatable bonds is 5. The highest BCUT2D eigenvalue weighted by molar-refractivity contribution is 5.94. The number of aryl methyl sites for hydroxylation is 1. The first kappa shape index (κ1) is 16.2. The first-order valence-corrected chi connectivity index (χ1v) is 8.01. The molecule has 0 aliphatic carbocycles. The minimum Gasteiger partial charge on any atom is -0.331 e. The summed E-state index contributed by atoms with van der Waals surface area (Å²) in [5, 5.41) is 7.81. The maximum absolute atomic E-state index is 12.6. The number of benzene rings is 1. The SMILES string of the molecule is C[C@H]1C(=O)N(CCc2ccccc2)CC(=O)N1Cc1nncn1C. The number of hydrogen-bond donors (Lipinski definition) is 0. The van der Waals surface area contributed by atoms with Crippen molar-refractivity contribution < 1.29 is 9.59 Å². The Hall–Kier alpha value is -2.70. The predicted molar refractivity (Wildman–Crippen MR) is 87.7 cm³/mol. The highest BCUT2D eigenvalue weighted by atomic mass is 16.2. The molecular formula is C17H21N5O2. The molecule has 2 amide bonds. The van der Waals surface area contributed by atoms with Crippen molar-refractivity contribution in [3.63, 3.8) is 0 Å². The molecule has 0 bridgehead atoms. The van der Waals surface area contributed by atoms with Crippen LogP contribution in [0, 0.1) is 0 Å². The van der Waals surface area contributed by atoms with Gasteiger partial charge in [0.2, 0.25) is 11.8 Å². The van der Waals surface area contributed by atoms with Gasteiger partial charge in [0.1, 0.15) is 12.4 Å². The third-order valence-electron chi connectivity index (χ3n) is 4.41. The van der Waals surface area contributed by atoms with E-state index in [9.17, 15) is 9.59 Å². The van der Waals surface area contributed by atoms with Gasteiger partial charge in [-0.25, -0.2) is 0 Å². The fraction of sp³-hybridized carbons (Fsp3) is 0.412. The van der Waals surface area contributed by atoms with E-state index in [0.29, 0.717) is 18.9 Å². The maximum Gasteiger partial charge on any atom is 0.245 e. The van der Waals surface area contributed by atoms with Crippen LogP contribution in [0.15, 0.2) is 36.7 Å². The van der Waals surface area contributed by atoms with Crippen molar-refractivity contribution in [2.75, 3.05) is 13.1 Å². The van der Waals surface area contributed by atoms with E-state index in [0.717, 1.165) is 12.0 Å². The van der Waals surface area contributed by atoms with E-state index in [-0.39, 0.29) is 18.4 Å². The average Bonchev–Trinajstić information content (AvgIpc) is 2.99. The summed E-state index contributed by atoms with van der Waals surface area (Å²) in [6, 6.07) is 9.48. The summed E-state index contributed by atoms with van der Waals surface area (Å²) >= 11 is 0. The van der Waals surface area contributed by atoms with Crippen LogP contribution in [0.4, 0.5) is 0 Å². The highest BCUT2D eigenvalue weighted by Crippen LogP contribution is 2.16. The summed E-state index contributed by atoms with van der Waals surface area (Å²) in [4.78, 5) is 28.3. The van der Waals surface area contributed by atoms with Crippen LogP contribution in [0.3, 0.4) is 0 Å². The fourth-order valence-electron chi connectivity index (χ4n) is 2.87. The topological polar surface area (TPSA) is 71.3 Å². The van der Waals surface area contributed by atoms with Crippen LogP contribution in [-0.4, -0.2) is 55.5 Å². The third kappa shape index (κ3) is 3.29. The van der Waals surface area contributed by atoms with Gasteiger partial charge in [0.05, 0.1) is 13.1 Å². The molecule has 0 spiro atoms. The molecule has 0 saturated carbocycles. The number of hydrogen-bond acceptors (Lipinski definition) is 4. The summed E-state index contributed by atoms with van der Waals surface area (Å²) in [6.45, 7) is 2.74. The number of amides is 2. The van der Waals surface area contributed by atoms with Gasteiger partial charge < -0.3 is 14.4 Å². The molecule has 2 heterocycles. The van der Waals surface area contributed by atoms with Crippen LogP contribution >= 0.6 is 0 Å². The van der Waals surface area contributed by atoms with Gasteiger partial charge in [-0.1, -0.05) is 30.3 Å². The van der Waals surface area contributed by atoms with Crippen LogP contribution in [0.2, 0.25) is 0 Å². The van der Waals surface area contributed by atoms with Gasteiger partial charge in [-0.15, -0.1) is 10.2 Å². The second-order valence-corrected chi connectivity index (χ2v) is 6.05. The molecule has 1 saturated heterocycles. The average molecular weight is 327 g/mol. The minimum absolute atomic E-state index is 0.0206. The first-order valence-electron chi connectivity index (χ1n) is 8.01. The quantitative estimate of drug-likeness (QED) is 0.807. The lowest BCUT2D eigenvalue weighted by Gasteiger charge is -2.38. The first-order chi connectivity index (χ1) is 11.6. The smallest absolute Gasteiger partial charge is 0.245 e. The highest BCUT2D eigenvalue weighted by Gasteiger charge is 2.36. The second kappa shape index (κ2) is 6.82. The van der Waals surface area contributed by atoms with E-state index in [1.165, 1.54) is 0 Å². The van der Waals surface area contributed by atoms with Crippen LogP contribution in [0.25, 0.3) is 0 Å². The van der Waals surface area contributed by atoms with E-state index in [2.05, 4.69) is 10.2 Å². The molecule has 1 aromatic carbocycles. The van der Waals surface area contributed by atoms with Gasteiger partial charge in [-0.05, 0) is 18.9 Å². The zero-order valence-corrected chi connectivity index (χ0v) is 13.9. The van der Waals surface area contributed by atoms with Gasteiger partial charge in [0, 0.05) is 13.6 Å². The van der Waals surface area contributed by atoms with E-state index < -0.39 is 6.04 Å². The van der Waals surface area contributed by atoms with E-state index in [1.807, 2.05) is 37.4 Å². The summed E-state index contributed by atoms with van der Waals surface area (Å²) in [7, 11) is 1.82. The van der Waals surface area contributed by atoms with Crippen molar-refractivity contribution in [1.29, 1.82) is 0 Å². The Labute approximate surface area is 140 Å². The fourth-order valence-corrected chi connectivity index (χ4v) is 2.87. The molecule has 1 aliphatic rings. The largest absolute Gasteiger partial charge is 0.331 e. The van der Waals surface area contributed by atoms with E-state index in [4.69, 9.17) is 0 Å². The Bertz CT molecular complexity index is 728. The van der Waals surface area contributed by atoms with Gasteiger partial charge in [-0.2, -0.15) is 0 Å². The molecule has 1 aromatic heterocycles. The zero-order chi connectivity index (χ0) is 17.1. The number of carbonyl (C=O) groups is 2. The van der Waals surface area contributed by atoms with Gasteiger partial charge >= 0.3 is 0 Å². The van der Waals surface area contributed by atoms with E-state index >= 15 is 0 Å². The number of nitrogens with zero attached hydrogens (tertiary/aromatic N) is 5. The standard InChI is InChI=1S/C17H21N5O2/c1-13-17(24)21(9-8-14-6-4-3-5-7-14)11-16(23)22(13)10-15-19-18-12-20(15)2/h3-7,12-13H,8-11H2,1-2H3/t13-/m0/s1. The molecule has 2 aromatic rings. The number of piperazine rings is 1. The Morgan fingerprint density at radius 3 is 2.62 bits per heavy atom. The molecule has 0 unspecified atom stereocenters. The maximum atomic E-state index is 12.6. The van der Waals surface area contributed by atoms with Crippen LogP contribution in [-0.2, 0) is 29.6 Å². The summed E-state index contributed by atoms with van der Waals surface area (Å²) in [6.07, 6.45) is 2.33. The molecule has 1 atom stereocenters. The third-order valence-corrected chi connectivity index (χ3v) is 4.41. The lowest BCUT2D eigenvalue weighted by molar-refractivity contribution is -0.155. The van der Waals surface area contributed by atoms with Crippen molar-refractivity contribution in [1.82, 2.24) is 24.6 Å². The molecule has 7 heteroatoms. The summed E-state index contributed by atoms with van der Waals surface area (Å²) < 4.78 is 1.76. The number of aromatic nitrogens is 3. The van der Waals surface area contributed by atoms with Crippen molar-refractivity contribution in [3.05, 3.63) is 48.0 Å². The van der Waals surface area contributed by atoms with Crippen molar-refractivity contribution in [2.24, 2.45) is 7.05 Å². The lowest BCUT2D eigenvalue weighted by atomic mass is 10.1.